The Bertz CT molecular complexity index is 303. The van der Waals surface area contributed by atoms with Crippen LogP contribution in [-0.2, 0) is 0 Å². The monoisotopic (exact) mass is 275 g/mol. The van der Waals surface area contributed by atoms with Gasteiger partial charge in [0.05, 0.1) is 11.6 Å². The first-order valence-corrected chi connectivity index (χ1v) is 5.32. The second kappa shape index (κ2) is 3.98. The molecule has 56 valence electrons. The van der Waals surface area contributed by atoms with Crippen LogP contribution in [0.2, 0.25) is 0 Å². The highest BCUT2D eigenvalue weighted by atomic mass is 127. The van der Waals surface area contributed by atoms with Crippen LogP contribution < -0.4 is 0 Å². The molecule has 0 atom stereocenters. The largest absolute Gasteiger partial charge is 0.192 e. The number of hydrogen-bond donors (Lipinski definition) is 0. The molecule has 1 aromatic carbocycles. The Kier molecular flexibility index (Phi) is 3.21. The summed E-state index contributed by atoms with van der Waals surface area (Å²) < 4.78 is 1.15. The molecule has 11 heavy (non-hydrogen) atoms. The fourth-order valence-electron chi connectivity index (χ4n) is 0.736. The fourth-order valence-corrected chi connectivity index (χ4v) is 2.37. The maximum atomic E-state index is 8.57. The molecule has 0 amide bonds. The van der Waals surface area contributed by atoms with E-state index in [0.717, 1.165) is 9.13 Å². The molecular formula is C8H6INS. The van der Waals surface area contributed by atoms with Gasteiger partial charge in [-0.25, -0.2) is 0 Å². The zero-order chi connectivity index (χ0) is 8.27. The number of thioether (sulfide) groups is 1. The van der Waals surface area contributed by atoms with Gasteiger partial charge in [-0.1, -0.05) is 0 Å². The average molecular weight is 275 g/mol. The normalized spacial score (nSPS) is 9.18. The van der Waals surface area contributed by atoms with Crippen molar-refractivity contribution in [1.82, 2.24) is 0 Å². The Balaban J connectivity index is 3.12. The van der Waals surface area contributed by atoms with E-state index >= 15 is 0 Å². The molecule has 0 radical (unpaired) electrons. The van der Waals surface area contributed by atoms with E-state index in [9.17, 15) is 0 Å². The summed E-state index contributed by atoms with van der Waals surface area (Å²) in [5.41, 5.74) is 0.729. The number of halogens is 1. The molecule has 0 spiro atoms. The van der Waals surface area contributed by atoms with Crippen LogP contribution in [-0.4, -0.2) is 6.26 Å². The van der Waals surface area contributed by atoms with Gasteiger partial charge in [0.25, 0.3) is 0 Å². The first-order valence-electron chi connectivity index (χ1n) is 3.01. The molecule has 1 aromatic rings. The summed E-state index contributed by atoms with van der Waals surface area (Å²) in [4.78, 5) is 1.23. The Hall–Kier alpha value is -0.210. The first kappa shape index (κ1) is 8.88. The van der Waals surface area contributed by atoms with Crippen molar-refractivity contribution in [1.29, 1.82) is 5.26 Å². The van der Waals surface area contributed by atoms with Crippen LogP contribution in [0, 0.1) is 14.9 Å². The lowest BCUT2D eigenvalue weighted by Crippen LogP contribution is -1.80. The minimum absolute atomic E-state index is 0.729. The van der Waals surface area contributed by atoms with Gasteiger partial charge in [0.15, 0.2) is 0 Å². The van der Waals surface area contributed by atoms with Crippen molar-refractivity contribution in [3.63, 3.8) is 0 Å². The molecule has 0 saturated heterocycles. The second-order valence-electron chi connectivity index (χ2n) is 1.96. The Labute approximate surface area is 83.9 Å². The lowest BCUT2D eigenvalue weighted by atomic mass is 10.2. The SMILES string of the molecule is CSc1ccc(C#N)cc1I. The molecule has 0 N–H and O–H groups in total. The van der Waals surface area contributed by atoms with E-state index in [0.29, 0.717) is 0 Å². The van der Waals surface area contributed by atoms with Crippen LogP contribution in [0.25, 0.3) is 0 Å². The highest BCUT2D eigenvalue weighted by Crippen LogP contribution is 2.22. The minimum atomic E-state index is 0.729. The molecule has 3 heteroatoms. The zero-order valence-corrected chi connectivity index (χ0v) is 8.94. The van der Waals surface area contributed by atoms with Gasteiger partial charge >= 0.3 is 0 Å². The van der Waals surface area contributed by atoms with E-state index in [1.807, 2.05) is 24.5 Å². The van der Waals surface area contributed by atoms with Crippen LogP contribution in [0.5, 0.6) is 0 Å². The third kappa shape index (κ3) is 2.11. The predicted octanol–water partition coefficient (Wildman–Crippen LogP) is 2.88. The van der Waals surface area contributed by atoms with Crippen molar-refractivity contribution >= 4 is 34.4 Å². The maximum absolute atomic E-state index is 8.57. The van der Waals surface area contributed by atoms with E-state index in [1.54, 1.807) is 11.8 Å². The zero-order valence-electron chi connectivity index (χ0n) is 5.97. The molecule has 0 unspecified atom stereocenters. The number of hydrogen-bond acceptors (Lipinski definition) is 2. The maximum Gasteiger partial charge on any atom is 0.0991 e. The average Bonchev–Trinajstić information content (AvgIpc) is 2.04. The quantitative estimate of drug-likeness (QED) is 0.581. The molecule has 0 aromatic heterocycles. The molecule has 0 aliphatic heterocycles. The highest BCUT2D eigenvalue weighted by molar-refractivity contribution is 14.1. The van der Waals surface area contributed by atoms with Crippen LogP contribution in [0.1, 0.15) is 5.56 Å². The Morgan fingerprint density at radius 2 is 2.27 bits per heavy atom. The highest BCUT2D eigenvalue weighted by Gasteiger charge is 1.98. The van der Waals surface area contributed by atoms with Gasteiger partial charge in [-0.05, 0) is 47.0 Å². The van der Waals surface area contributed by atoms with E-state index in [4.69, 9.17) is 5.26 Å². The molecule has 0 aliphatic rings. The molecular weight excluding hydrogens is 269 g/mol. The lowest BCUT2D eigenvalue weighted by molar-refractivity contribution is 1.37. The van der Waals surface area contributed by atoms with E-state index < -0.39 is 0 Å². The van der Waals surface area contributed by atoms with E-state index in [2.05, 4.69) is 28.7 Å². The summed E-state index contributed by atoms with van der Waals surface area (Å²) in [7, 11) is 0. The molecule has 0 fully saturated rings. The summed E-state index contributed by atoms with van der Waals surface area (Å²) in [5.74, 6) is 0. The van der Waals surface area contributed by atoms with Crippen molar-refractivity contribution < 1.29 is 0 Å². The summed E-state index contributed by atoms with van der Waals surface area (Å²) in [6, 6.07) is 7.82. The Morgan fingerprint density at radius 3 is 2.73 bits per heavy atom. The van der Waals surface area contributed by atoms with Gasteiger partial charge in [-0.2, -0.15) is 5.26 Å². The molecule has 0 bridgehead atoms. The molecule has 1 nitrogen and oxygen atoms in total. The topological polar surface area (TPSA) is 23.8 Å². The number of nitrogens with zero attached hydrogens (tertiary/aromatic N) is 1. The third-order valence-electron chi connectivity index (χ3n) is 1.28. The van der Waals surface area contributed by atoms with Crippen LogP contribution in [0.15, 0.2) is 23.1 Å². The standard InChI is InChI=1S/C8H6INS/c1-11-8-3-2-6(5-10)4-7(8)9/h2-4H,1H3. The van der Waals surface area contributed by atoms with Gasteiger partial charge in [-0.3, -0.25) is 0 Å². The van der Waals surface area contributed by atoms with Gasteiger partial charge in [0.1, 0.15) is 0 Å². The predicted molar refractivity (Wildman–Crippen MR) is 55.7 cm³/mol. The first-order chi connectivity index (χ1) is 5.27. The molecule has 0 heterocycles. The van der Waals surface area contributed by atoms with Crippen molar-refractivity contribution in [2.24, 2.45) is 0 Å². The molecule has 0 saturated carbocycles. The van der Waals surface area contributed by atoms with Gasteiger partial charge < -0.3 is 0 Å². The second-order valence-corrected chi connectivity index (χ2v) is 3.97. The summed E-state index contributed by atoms with van der Waals surface area (Å²) in [6.07, 6.45) is 2.03. The molecule has 0 aliphatic carbocycles. The van der Waals surface area contributed by atoms with Crippen molar-refractivity contribution in [2.45, 2.75) is 4.90 Å². The van der Waals surface area contributed by atoms with Crippen LogP contribution >= 0.6 is 34.4 Å². The number of benzene rings is 1. The van der Waals surface area contributed by atoms with E-state index in [-0.39, 0.29) is 0 Å². The smallest absolute Gasteiger partial charge is 0.0991 e. The van der Waals surface area contributed by atoms with Crippen molar-refractivity contribution in [3.8, 4) is 6.07 Å². The molecule has 1 rings (SSSR count). The van der Waals surface area contributed by atoms with E-state index in [1.165, 1.54) is 4.90 Å². The minimum Gasteiger partial charge on any atom is -0.192 e. The Morgan fingerprint density at radius 1 is 1.55 bits per heavy atom. The van der Waals surface area contributed by atoms with Crippen molar-refractivity contribution in [2.75, 3.05) is 6.26 Å². The van der Waals surface area contributed by atoms with Gasteiger partial charge in [-0.15, -0.1) is 11.8 Å². The number of nitriles is 1. The van der Waals surface area contributed by atoms with Gasteiger partial charge in [0.2, 0.25) is 0 Å². The number of rotatable bonds is 1. The summed E-state index contributed by atoms with van der Waals surface area (Å²) >= 11 is 3.94. The summed E-state index contributed by atoms with van der Waals surface area (Å²) in [5, 5.41) is 8.57. The van der Waals surface area contributed by atoms with Crippen LogP contribution in [0.3, 0.4) is 0 Å². The summed E-state index contributed by atoms with van der Waals surface area (Å²) in [6.45, 7) is 0. The fraction of sp³-hybridized carbons (Fsp3) is 0.125. The van der Waals surface area contributed by atoms with Gasteiger partial charge in [0, 0.05) is 8.47 Å². The van der Waals surface area contributed by atoms with Crippen LogP contribution in [0.4, 0.5) is 0 Å². The lowest BCUT2D eigenvalue weighted by Gasteiger charge is -1.98. The third-order valence-corrected chi connectivity index (χ3v) is 3.34. The van der Waals surface area contributed by atoms with Crippen molar-refractivity contribution in [3.05, 3.63) is 27.3 Å².